The number of hydrogen-bond acceptors (Lipinski definition) is 9. The molecule has 0 aliphatic carbocycles. The minimum atomic E-state index is -0.836. The second kappa shape index (κ2) is 11.9. The Hall–Kier alpha value is -1.59. The zero-order valence-electron chi connectivity index (χ0n) is 14.0. The van der Waals surface area contributed by atoms with Crippen LogP contribution in [0.15, 0.2) is 0 Å². The molecule has 1 saturated heterocycles. The van der Waals surface area contributed by atoms with E-state index < -0.39 is 24.3 Å². The first-order valence-corrected chi connectivity index (χ1v) is 7.66. The Morgan fingerprint density at radius 2 is 1.46 bits per heavy atom. The van der Waals surface area contributed by atoms with E-state index in [4.69, 9.17) is 24.0 Å². The Morgan fingerprint density at radius 1 is 0.958 bits per heavy atom. The lowest BCUT2D eigenvalue weighted by atomic mass is 10.4. The summed E-state index contributed by atoms with van der Waals surface area (Å²) in [5, 5.41) is 1.45. The van der Waals surface area contributed by atoms with Crippen molar-refractivity contribution in [3.05, 3.63) is 0 Å². The Bertz CT molecular complexity index is 390. The van der Waals surface area contributed by atoms with Gasteiger partial charge in [-0.3, -0.25) is 19.3 Å². The third kappa shape index (κ3) is 7.79. The fraction of sp³-hybridized carbons (Fsp3) is 0.786. The predicted molar refractivity (Wildman–Crippen MR) is 78.8 cm³/mol. The zero-order chi connectivity index (χ0) is 17.8. The van der Waals surface area contributed by atoms with Crippen LogP contribution in [0, 0.1) is 0 Å². The summed E-state index contributed by atoms with van der Waals surface area (Å²) in [6, 6.07) is 0. The highest BCUT2D eigenvalue weighted by molar-refractivity contribution is 6.01. The molecule has 138 valence electrons. The van der Waals surface area contributed by atoms with Crippen LogP contribution in [0.5, 0.6) is 0 Å². The number of hydrogen-bond donors (Lipinski definition) is 0. The molecule has 1 fully saturated rings. The van der Waals surface area contributed by atoms with Gasteiger partial charge in [-0.05, 0) is 12.8 Å². The van der Waals surface area contributed by atoms with Gasteiger partial charge in [0, 0.05) is 40.3 Å². The maximum Gasteiger partial charge on any atom is 0.352 e. The highest BCUT2D eigenvalue weighted by Crippen LogP contribution is 2.12. The van der Waals surface area contributed by atoms with E-state index in [1.165, 1.54) is 0 Å². The first kappa shape index (κ1) is 20.5. The highest BCUT2D eigenvalue weighted by Gasteiger charge is 2.33. The molecule has 0 saturated carbocycles. The van der Waals surface area contributed by atoms with Crippen molar-refractivity contribution in [2.45, 2.75) is 25.7 Å². The van der Waals surface area contributed by atoms with Gasteiger partial charge in [0.25, 0.3) is 11.8 Å². The molecule has 0 aromatic heterocycles. The minimum absolute atomic E-state index is 0.0386. The second-order valence-electron chi connectivity index (χ2n) is 4.90. The van der Waals surface area contributed by atoms with E-state index >= 15 is 0 Å². The third-order valence-corrected chi connectivity index (χ3v) is 2.91. The smallest absolute Gasteiger partial charge is 0.352 e. The van der Waals surface area contributed by atoms with E-state index in [0.29, 0.717) is 31.1 Å². The van der Waals surface area contributed by atoms with Gasteiger partial charge in [-0.1, -0.05) is 5.23 Å². The lowest BCUT2D eigenvalue weighted by Gasteiger charge is -2.21. The average molecular weight is 348 g/mol. The van der Waals surface area contributed by atoms with Crippen molar-refractivity contribution in [1.82, 2.24) is 10.3 Å². The fourth-order valence-corrected chi connectivity index (χ4v) is 1.76. The Morgan fingerprint density at radius 3 is 1.92 bits per heavy atom. The van der Waals surface area contributed by atoms with Crippen molar-refractivity contribution in [3.8, 4) is 0 Å². The van der Waals surface area contributed by atoms with Gasteiger partial charge in [0.1, 0.15) is 0 Å². The van der Waals surface area contributed by atoms with Crippen LogP contribution in [0.3, 0.4) is 0 Å². The van der Waals surface area contributed by atoms with Gasteiger partial charge in [-0.2, -0.15) is 0 Å². The molecule has 1 rings (SSSR count). The number of carbonyl (C=O) groups excluding carboxylic acids is 3. The molecule has 0 spiro atoms. The number of nitrogens with zero attached hydrogens (tertiary/aromatic N) is 2. The van der Waals surface area contributed by atoms with Crippen LogP contribution in [0.25, 0.3) is 0 Å². The summed E-state index contributed by atoms with van der Waals surface area (Å²) in [6.07, 6.45) is 1.28. The second-order valence-corrected chi connectivity index (χ2v) is 4.90. The van der Waals surface area contributed by atoms with Crippen LogP contribution in [-0.2, 0) is 38.4 Å². The van der Waals surface area contributed by atoms with Crippen molar-refractivity contribution in [1.29, 1.82) is 0 Å². The molecule has 0 N–H and O–H groups in total. The molecule has 10 nitrogen and oxygen atoms in total. The molecule has 1 heterocycles. The van der Waals surface area contributed by atoms with E-state index in [2.05, 4.69) is 0 Å². The van der Waals surface area contributed by atoms with E-state index in [9.17, 15) is 14.4 Å². The number of rotatable bonds is 13. The monoisotopic (exact) mass is 348 g/mol. The highest BCUT2D eigenvalue weighted by atomic mass is 16.9. The number of hydroxylamine groups is 4. The Balaban J connectivity index is 2.40. The fourth-order valence-electron chi connectivity index (χ4n) is 1.76. The summed E-state index contributed by atoms with van der Waals surface area (Å²) in [7, 11) is 3.14. The predicted octanol–water partition coefficient (Wildman–Crippen LogP) is -0.168. The molecule has 1 aliphatic rings. The minimum Gasteiger partial charge on any atom is -0.385 e. The van der Waals surface area contributed by atoms with Crippen molar-refractivity contribution in [2.24, 2.45) is 0 Å². The molecule has 0 bridgehead atoms. The first-order valence-electron chi connectivity index (χ1n) is 7.66. The van der Waals surface area contributed by atoms with E-state index in [-0.39, 0.29) is 26.1 Å². The third-order valence-electron chi connectivity index (χ3n) is 2.91. The van der Waals surface area contributed by atoms with Gasteiger partial charge < -0.3 is 14.3 Å². The molecule has 0 radical (unpaired) electrons. The van der Waals surface area contributed by atoms with Gasteiger partial charge in [0.15, 0.2) is 6.54 Å². The summed E-state index contributed by atoms with van der Waals surface area (Å²) in [6.45, 7) is 1.15. The standard InChI is InChI=1S/C14H24N2O8/c1-20-7-3-9-22-15(23-10-4-8-21-2)11-14(19)24-16-12(17)5-6-13(16)18/h3-11H2,1-2H3. The number of imide groups is 1. The summed E-state index contributed by atoms with van der Waals surface area (Å²) in [5.41, 5.74) is 0. The van der Waals surface area contributed by atoms with Gasteiger partial charge in [0.2, 0.25) is 0 Å². The zero-order valence-corrected chi connectivity index (χ0v) is 14.0. The van der Waals surface area contributed by atoms with Crippen LogP contribution in [0.1, 0.15) is 25.7 Å². The Kier molecular flexibility index (Phi) is 10.1. The van der Waals surface area contributed by atoms with Crippen molar-refractivity contribution in [2.75, 3.05) is 47.2 Å². The maximum absolute atomic E-state index is 11.9. The largest absolute Gasteiger partial charge is 0.385 e. The molecule has 24 heavy (non-hydrogen) atoms. The lowest BCUT2D eigenvalue weighted by molar-refractivity contribution is -0.367. The van der Waals surface area contributed by atoms with Crippen LogP contribution < -0.4 is 0 Å². The molecular formula is C14H24N2O8. The summed E-state index contributed by atoms with van der Waals surface area (Å²) in [4.78, 5) is 50.1. The van der Waals surface area contributed by atoms with Crippen molar-refractivity contribution < 1.29 is 38.4 Å². The molecule has 0 atom stereocenters. The summed E-state index contributed by atoms with van der Waals surface area (Å²) >= 11 is 0. The van der Waals surface area contributed by atoms with Crippen LogP contribution >= 0.6 is 0 Å². The number of carbonyl (C=O) groups is 3. The lowest BCUT2D eigenvalue weighted by Crippen LogP contribution is -2.38. The topological polar surface area (TPSA) is 104 Å². The van der Waals surface area contributed by atoms with Gasteiger partial charge in [0.05, 0.1) is 13.2 Å². The van der Waals surface area contributed by atoms with Crippen LogP contribution in [-0.4, -0.2) is 75.3 Å². The normalized spacial score (nSPS) is 14.7. The van der Waals surface area contributed by atoms with E-state index in [1.807, 2.05) is 0 Å². The SMILES string of the molecule is COCCCON(CC(=O)ON1C(=O)CCC1=O)OCCCOC. The van der Waals surface area contributed by atoms with Gasteiger partial charge in [-0.25, -0.2) is 4.79 Å². The van der Waals surface area contributed by atoms with Crippen LogP contribution in [0.4, 0.5) is 0 Å². The molecule has 10 heteroatoms. The van der Waals surface area contributed by atoms with Crippen molar-refractivity contribution in [3.63, 3.8) is 0 Å². The van der Waals surface area contributed by atoms with E-state index in [1.54, 1.807) is 14.2 Å². The summed E-state index contributed by atoms with van der Waals surface area (Å²) < 4.78 is 9.80. The number of ether oxygens (including phenoxy) is 2. The number of methoxy groups -OCH3 is 2. The maximum atomic E-state index is 11.9. The van der Waals surface area contributed by atoms with E-state index in [0.717, 1.165) is 5.23 Å². The summed E-state index contributed by atoms with van der Waals surface area (Å²) in [5.74, 6) is -1.92. The van der Waals surface area contributed by atoms with Crippen LogP contribution in [0.2, 0.25) is 0 Å². The molecule has 2 amide bonds. The van der Waals surface area contributed by atoms with Crippen molar-refractivity contribution >= 4 is 17.8 Å². The molecule has 0 unspecified atom stereocenters. The number of amides is 2. The average Bonchev–Trinajstić information content (AvgIpc) is 2.87. The molecule has 1 aliphatic heterocycles. The van der Waals surface area contributed by atoms with Gasteiger partial charge in [-0.15, -0.1) is 5.06 Å². The van der Waals surface area contributed by atoms with Gasteiger partial charge >= 0.3 is 5.97 Å². The Labute approximate surface area is 140 Å². The quantitative estimate of drug-likeness (QED) is 0.255. The molecule has 0 aromatic carbocycles. The molecule has 0 aromatic rings. The first-order chi connectivity index (χ1) is 11.6. The molecular weight excluding hydrogens is 324 g/mol.